The number of piperidine rings is 1. The summed E-state index contributed by atoms with van der Waals surface area (Å²) in [7, 11) is 0. The molecule has 2 N–H and O–H groups in total. The van der Waals surface area contributed by atoms with E-state index in [-0.39, 0.29) is 5.92 Å². The Hall–Kier alpha value is -1.20. The van der Waals surface area contributed by atoms with Crippen LogP contribution in [0.5, 0.6) is 0 Å². The second-order valence-corrected chi connectivity index (χ2v) is 4.94. The number of aromatic nitrogens is 2. The highest BCUT2D eigenvalue weighted by molar-refractivity contribution is 5.42. The first-order chi connectivity index (χ1) is 8.09. The number of rotatable bonds is 2. The highest BCUT2D eigenvalue weighted by atomic mass is 16.3. The van der Waals surface area contributed by atoms with Gasteiger partial charge in [0.2, 0.25) is 0 Å². The van der Waals surface area contributed by atoms with E-state index in [1.165, 1.54) is 6.33 Å². The van der Waals surface area contributed by atoms with E-state index in [9.17, 15) is 10.2 Å². The molecule has 0 aromatic carbocycles. The Labute approximate surface area is 101 Å². The SMILES string of the molecule is CC(C)C1CN(c2cncnc2)C(O)CC1O. The van der Waals surface area contributed by atoms with Gasteiger partial charge in [-0.3, -0.25) is 0 Å². The van der Waals surface area contributed by atoms with Crippen molar-refractivity contribution in [3.05, 3.63) is 18.7 Å². The van der Waals surface area contributed by atoms with Crippen molar-refractivity contribution < 1.29 is 10.2 Å². The Balaban J connectivity index is 2.17. The fraction of sp³-hybridized carbons (Fsp3) is 0.667. The standard InChI is InChI=1S/C12H19N3O2/c1-8(2)10-6-15(12(17)3-11(10)16)9-4-13-7-14-5-9/h4-5,7-8,10-12,16-17H,3,6H2,1-2H3. The van der Waals surface area contributed by atoms with Crippen LogP contribution < -0.4 is 4.90 Å². The molecule has 1 aromatic rings. The second kappa shape index (κ2) is 4.98. The van der Waals surface area contributed by atoms with Gasteiger partial charge >= 0.3 is 0 Å². The maximum atomic E-state index is 10.0. The van der Waals surface area contributed by atoms with Crippen molar-refractivity contribution in [2.75, 3.05) is 11.4 Å². The van der Waals surface area contributed by atoms with Gasteiger partial charge in [0, 0.05) is 18.9 Å². The van der Waals surface area contributed by atoms with Crippen LogP contribution in [0, 0.1) is 11.8 Å². The van der Waals surface area contributed by atoms with E-state index in [1.54, 1.807) is 12.4 Å². The lowest BCUT2D eigenvalue weighted by Crippen LogP contribution is -2.51. The molecule has 3 atom stereocenters. The summed E-state index contributed by atoms with van der Waals surface area (Å²) in [5, 5.41) is 20.0. The van der Waals surface area contributed by atoms with Crippen molar-refractivity contribution in [1.29, 1.82) is 0 Å². The molecule has 3 unspecified atom stereocenters. The Kier molecular flexibility index (Phi) is 3.59. The number of hydrogen-bond donors (Lipinski definition) is 2. The molecule has 0 radical (unpaired) electrons. The highest BCUT2D eigenvalue weighted by Crippen LogP contribution is 2.29. The third kappa shape index (κ3) is 2.56. The molecule has 0 bridgehead atoms. The minimum absolute atomic E-state index is 0.165. The minimum Gasteiger partial charge on any atom is -0.393 e. The molecule has 1 aliphatic rings. The number of aliphatic hydroxyl groups is 2. The van der Waals surface area contributed by atoms with Crippen LogP contribution in [-0.4, -0.2) is 39.1 Å². The summed E-state index contributed by atoms with van der Waals surface area (Å²) >= 11 is 0. The van der Waals surface area contributed by atoms with Gasteiger partial charge in [0.25, 0.3) is 0 Å². The lowest BCUT2D eigenvalue weighted by molar-refractivity contribution is -0.00178. The molecule has 5 heteroatoms. The third-order valence-corrected chi connectivity index (χ3v) is 3.45. The molecule has 1 aliphatic heterocycles. The van der Waals surface area contributed by atoms with E-state index < -0.39 is 12.3 Å². The van der Waals surface area contributed by atoms with E-state index in [0.717, 1.165) is 5.69 Å². The Bertz CT molecular complexity index is 358. The first-order valence-electron chi connectivity index (χ1n) is 5.97. The Morgan fingerprint density at radius 3 is 2.53 bits per heavy atom. The molecular weight excluding hydrogens is 218 g/mol. The number of aliphatic hydroxyl groups excluding tert-OH is 2. The van der Waals surface area contributed by atoms with Gasteiger partial charge in [0.05, 0.1) is 24.2 Å². The number of hydrogen-bond acceptors (Lipinski definition) is 5. The molecule has 94 valence electrons. The van der Waals surface area contributed by atoms with E-state index in [4.69, 9.17) is 0 Å². The number of anilines is 1. The van der Waals surface area contributed by atoms with Gasteiger partial charge in [0.1, 0.15) is 12.6 Å². The van der Waals surface area contributed by atoms with Crippen molar-refractivity contribution in [3.8, 4) is 0 Å². The van der Waals surface area contributed by atoms with E-state index in [2.05, 4.69) is 23.8 Å². The Morgan fingerprint density at radius 1 is 1.29 bits per heavy atom. The molecule has 1 fully saturated rings. The maximum Gasteiger partial charge on any atom is 0.129 e. The molecule has 0 aliphatic carbocycles. The van der Waals surface area contributed by atoms with Crippen LogP contribution in [0.3, 0.4) is 0 Å². The largest absolute Gasteiger partial charge is 0.393 e. The Morgan fingerprint density at radius 2 is 1.94 bits per heavy atom. The summed E-state index contributed by atoms with van der Waals surface area (Å²) in [4.78, 5) is 9.77. The predicted molar refractivity (Wildman–Crippen MR) is 64.3 cm³/mol. The van der Waals surface area contributed by atoms with E-state index >= 15 is 0 Å². The van der Waals surface area contributed by atoms with Gasteiger partial charge in [-0.05, 0) is 5.92 Å². The molecule has 0 spiro atoms. The van der Waals surface area contributed by atoms with Gasteiger partial charge in [-0.1, -0.05) is 13.8 Å². The van der Waals surface area contributed by atoms with Gasteiger partial charge in [-0.2, -0.15) is 0 Å². The highest BCUT2D eigenvalue weighted by Gasteiger charge is 2.35. The van der Waals surface area contributed by atoms with Gasteiger partial charge in [-0.15, -0.1) is 0 Å². The smallest absolute Gasteiger partial charge is 0.129 e. The molecular formula is C12H19N3O2. The summed E-state index contributed by atoms with van der Waals surface area (Å²) in [6, 6.07) is 0. The zero-order valence-corrected chi connectivity index (χ0v) is 10.2. The summed E-state index contributed by atoms with van der Waals surface area (Å²) in [6.45, 7) is 4.81. The average molecular weight is 237 g/mol. The molecule has 17 heavy (non-hydrogen) atoms. The zero-order valence-electron chi connectivity index (χ0n) is 10.2. The maximum absolute atomic E-state index is 10.0. The molecule has 2 rings (SSSR count). The molecule has 1 saturated heterocycles. The van der Waals surface area contributed by atoms with Crippen molar-refractivity contribution in [2.24, 2.45) is 11.8 Å². The van der Waals surface area contributed by atoms with E-state index in [1.807, 2.05) is 4.90 Å². The minimum atomic E-state index is -0.661. The van der Waals surface area contributed by atoms with Crippen LogP contribution in [0.1, 0.15) is 20.3 Å². The lowest BCUT2D eigenvalue weighted by atomic mass is 9.84. The van der Waals surface area contributed by atoms with Crippen molar-refractivity contribution in [3.63, 3.8) is 0 Å². The second-order valence-electron chi connectivity index (χ2n) is 4.94. The molecule has 5 nitrogen and oxygen atoms in total. The topological polar surface area (TPSA) is 69.5 Å². The summed E-state index contributed by atoms with van der Waals surface area (Å²) < 4.78 is 0. The quantitative estimate of drug-likeness (QED) is 0.790. The normalized spacial score (nSPS) is 29.7. The fourth-order valence-electron chi connectivity index (χ4n) is 2.36. The zero-order chi connectivity index (χ0) is 12.4. The van der Waals surface area contributed by atoms with Crippen LogP contribution in [0.2, 0.25) is 0 Å². The van der Waals surface area contributed by atoms with Crippen molar-refractivity contribution in [1.82, 2.24) is 9.97 Å². The summed E-state index contributed by atoms with van der Waals surface area (Å²) in [5.41, 5.74) is 0.803. The van der Waals surface area contributed by atoms with Crippen molar-refractivity contribution in [2.45, 2.75) is 32.6 Å². The van der Waals surface area contributed by atoms with Gasteiger partial charge in [0.15, 0.2) is 0 Å². The number of nitrogens with zero attached hydrogens (tertiary/aromatic N) is 3. The van der Waals surface area contributed by atoms with Gasteiger partial charge in [-0.25, -0.2) is 9.97 Å². The van der Waals surface area contributed by atoms with Crippen LogP contribution in [0.4, 0.5) is 5.69 Å². The van der Waals surface area contributed by atoms with Crippen LogP contribution in [0.25, 0.3) is 0 Å². The van der Waals surface area contributed by atoms with Crippen LogP contribution >= 0.6 is 0 Å². The third-order valence-electron chi connectivity index (χ3n) is 3.45. The van der Waals surface area contributed by atoms with Crippen molar-refractivity contribution >= 4 is 5.69 Å². The molecule has 0 amide bonds. The first-order valence-corrected chi connectivity index (χ1v) is 5.97. The summed E-state index contributed by atoms with van der Waals surface area (Å²) in [5.74, 6) is 0.545. The summed E-state index contributed by atoms with van der Waals surface area (Å²) in [6.07, 6.45) is 4.11. The van der Waals surface area contributed by atoms with Crippen LogP contribution in [-0.2, 0) is 0 Å². The molecule has 2 heterocycles. The molecule has 1 aromatic heterocycles. The van der Waals surface area contributed by atoms with E-state index in [0.29, 0.717) is 18.9 Å². The molecule has 0 saturated carbocycles. The lowest BCUT2D eigenvalue weighted by Gasteiger charge is -2.42. The predicted octanol–water partition coefficient (Wildman–Crippen LogP) is 0.638. The van der Waals surface area contributed by atoms with Gasteiger partial charge < -0.3 is 15.1 Å². The van der Waals surface area contributed by atoms with Crippen LogP contribution in [0.15, 0.2) is 18.7 Å². The first kappa shape index (κ1) is 12.3. The average Bonchev–Trinajstić information content (AvgIpc) is 2.29. The monoisotopic (exact) mass is 237 g/mol. The fourth-order valence-corrected chi connectivity index (χ4v) is 2.36.